The fraction of sp³-hybridized carbons (Fsp3) is 0.357. The number of likely N-dealkylation sites (tertiary alicyclic amines) is 1. The van der Waals surface area contributed by atoms with Crippen molar-refractivity contribution in [1.29, 1.82) is 0 Å². The van der Waals surface area contributed by atoms with Gasteiger partial charge in [-0.25, -0.2) is 9.97 Å². The van der Waals surface area contributed by atoms with E-state index in [4.69, 9.17) is 0 Å². The summed E-state index contributed by atoms with van der Waals surface area (Å²) in [6, 6.07) is 9.41. The monoisotopic (exact) mass is 567 g/mol. The Morgan fingerprint density at radius 2 is 1.93 bits per heavy atom. The van der Waals surface area contributed by atoms with Crippen molar-refractivity contribution in [2.75, 3.05) is 18.4 Å². The van der Waals surface area contributed by atoms with Crippen LogP contribution >= 0.6 is 11.3 Å². The first kappa shape index (κ1) is 26.5. The van der Waals surface area contributed by atoms with Crippen molar-refractivity contribution in [2.24, 2.45) is 0 Å². The molecule has 0 saturated carbocycles. The highest BCUT2D eigenvalue weighted by molar-refractivity contribution is 7.18. The second-order valence-electron chi connectivity index (χ2n) is 10.3. The number of pyridine rings is 1. The number of hydrogen-bond donors (Lipinski definition) is 2. The molecule has 1 saturated heterocycles. The van der Waals surface area contributed by atoms with Crippen LogP contribution in [0.4, 0.5) is 19.0 Å². The molecule has 40 heavy (non-hydrogen) atoms. The molecule has 1 aliphatic rings. The number of nitrogens with one attached hydrogen (secondary N) is 2. The summed E-state index contributed by atoms with van der Waals surface area (Å²) in [7, 11) is 0. The van der Waals surface area contributed by atoms with Crippen LogP contribution in [-0.2, 0) is 19.5 Å². The number of anilines is 1. The van der Waals surface area contributed by atoms with Gasteiger partial charge in [0.05, 0.1) is 30.1 Å². The lowest BCUT2D eigenvalue weighted by atomic mass is 10.00. The lowest BCUT2D eigenvalue weighted by Crippen LogP contribution is -2.39. The number of aromatic nitrogens is 5. The minimum absolute atomic E-state index is 0.0459. The Morgan fingerprint density at radius 3 is 2.67 bits per heavy atom. The minimum Gasteiger partial charge on any atom is -0.367 e. The van der Waals surface area contributed by atoms with Crippen LogP contribution in [0.3, 0.4) is 0 Å². The van der Waals surface area contributed by atoms with Crippen molar-refractivity contribution < 1.29 is 13.2 Å². The molecule has 1 aromatic carbocycles. The highest BCUT2D eigenvalue weighted by Crippen LogP contribution is 2.33. The second-order valence-corrected chi connectivity index (χ2v) is 11.4. The number of halogens is 3. The number of hydrogen-bond acceptors (Lipinski definition) is 7. The van der Waals surface area contributed by atoms with Crippen LogP contribution in [0.25, 0.3) is 21.1 Å². The molecule has 5 heterocycles. The maximum absolute atomic E-state index is 12.9. The number of fused-ring (bicyclic) bond motifs is 2. The Balaban J connectivity index is 1.12. The number of nitrogens with zero attached hydrogens (tertiary/aromatic N) is 5. The first-order valence-corrected chi connectivity index (χ1v) is 13.9. The van der Waals surface area contributed by atoms with Crippen molar-refractivity contribution in [1.82, 2.24) is 29.6 Å². The van der Waals surface area contributed by atoms with Crippen LogP contribution in [0.5, 0.6) is 0 Å². The quantitative estimate of drug-likeness (QED) is 0.279. The van der Waals surface area contributed by atoms with E-state index in [9.17, 15) is 18.0 Å². The van der Waals surface area contributed by atoms with Gasteiger partial charge in [0.2, 0.25) is 0 Å². The Labute approximate surface area is 231 Å². The number of benzene rings is 1. The number of thiophene rings is 1. The molecule has 208 valence electrons. The van der Waals surface area contributed by atoms with Gasteiger partial charge in [-0.1, -0.05) is 6.07 Å². The SMILES string of the molecule is Cc1c(CN2CCC(Nc3ncnc4sc(CC(F)(F)F)cc34)CC2)ccc2c1ccc(=O)n2Cc1cn[nH]c1. The lowest BCUT2D eigenvalue weighted by Gasteiger charge is -2.33. The van der Waals surface area contributed by atoms with Gasteiger partial charge in [0.25, 0.3) is 5.56 Å². The fourth-order valence-corrected chi connectivity index (χ4v) is 6.45. The smallest absolute Gasteiger partial charge is 0.367 e. The first-order chi connectivity index (χ1) is 19.2. The molecule has 5 aromatic rings. The second kappa shape index (κ2) is 10.7. The minimum atomic E-state index is -4.25. The maximum Gasteiger partial charge on any atom is 0.393 e. The van der Waals surface area contributed by atoms with Gasteiger partial charge in [0.15, 0.2) is 0 Å². The van der Waals surface area contributed by atoms with Gasteiger partial charge in [-0.3, -0.25) is 14.8 Å². The molecule has 0 spiro atoms. The molecule has 0 bridgehead atoms. The summed E-state index contributed by atoms with van der Waals surface area (Å²) in [5, 5.41) is 11.9. The van der Waals surface area contributed by atoms with Gasteiger partial charge in [-0.2, -0.15) is 18.3 Å². The average molecular weight is 568 g/mol. The average Bonchev–Trinajstić information content (AvgIpc) is 3.57. The van der Waals surface area contributed by atoms with E-state index >= 15 is 0 Å². The highest BCUT2D eigenvalue weighted by Gasteiger charge is 2.29. The predicted molar refractivity (Wildman–Crippen MR) is 150 cm³/mol. The molecule has 0 radical (unpaired) electrons. The van der Waals surface area contributed by atoms with Crippen LogP contribution in [0.1, 0.15) is 34.4 Å². The van der Waals surface area contributed by atoms with E-state index < -0.39 is 12.6 Å². The van der Waals surface area contributed by atoms with E-state index in [-0.39, 0.29) is 16.5 Å². The standard InChI is InChI=1S/C28H28F3N7OS/c1-17-19(2-4-24-22(17)3-5-25(39)38(24)14-18-12-34-35-13-18)15-37-8-6-20(7-9-37)36-26-23-10-21(11-28(29,30)31)40-27(23)33-16-32-26/h2-5,10,12-13,16,20H,6-9,11,14-15H2,1H3,(H,34,35)(H,32,33,36). The topological polar surface area (TPSA) is 91.7 Å². The van der Waals surface area contributed by atoms with Crippen molar-refractivity contribution in [2.45, 2.75) is 51.5 Å². The van der Waals surface area contributed by atoms with Crippen molar-refractivity contribution in [3.8, 4) is 0 Å². The summed E-state index contributed by atoms with van der Waals surface area (Å²) in [5.41, 5.74) is 4.18. The largest absolute Gasteiger partial charge is 0.393 e. The molecular weight excluding hydrogens is 539 g/mol. The molecule has 0 atom stereocenters. The molecule has 0 amide bonds. The zero-order valence-electron chi connectivity index (χ0n) is 21.8. The molecule has 0 unspecified atom stereocenters. The Kier molecular flexibility index (Phi) is 7.05. The Bertz CT molecular complexity index is 1700. The van der Waals surface area contributed by atoms with Crippen LogP contribution in [-0.4, -0.2) is 54.9 Å². The molecule has 6 rings (SSSR count). The van der Waals surface area contributed by atoms with Crippen LogP contribution < -0.4 is 10.9 Å². The van der Waals surface area contributed by atoms with Crippen molar-refractivity contribution in [3.05, 3.63) is 81.0 Å². The zero-order chi connectivity index (χ0) is 27.9. The van der Waals surface area contributed by atoms with E-state index in [0.717, 1.165) is 65.8 Å². The van der Waals surface area contributed by atoms with E-state index in [1.807, 2.05) is 12.1 Å². The number of alkyl halides is 3. The first-order valence-electron chi connectivity index (χ1n) is 13.1. The summed E-state index contributed by atoms with van der Waals surface area (Å²) in [6.07, 6.45) is 1.50. The highest BCUT2D eigenvalue weighted by atomic mass is 32.1. The summed E-state index contributed by atoms with van der Waals surface area (Å²) >= 11 is 1.06. The number of rotatable bonds is 7. The third-order valence-electron chi connectivity index (χ3n) is 7.53. The van der Waals surface area contributed by atoms with E-state index in [1.54, 1.807) is 29.1 Å². The van der Waals surface area contributed by atoms with E-state index in [2.05, 4.69) is 43.4 Å². The van der Waals surface area contributed by atoms with Gasteiger partial charge >= 0.3 is 6.18 Å². The van der Waals surface area contributed by atoms with Gasteiger partial charge in [0, 0.05) is 53.8 Å². The molecule has 0 aliphatic carbocycles. The molecule has 1 aliphatic heterocycles. The van der Waals surface area contributed by atoms with Crippen LogP contribution in [0, 0.1) is 6.92 Å². The Morgan fingerprint density at radius 1 is 1.10 bits per heavy atom. The molecule has 4 aromatic heterocycles. The summed E-state index contributed by atoms with van der Waals surface area (Å²) in [6.45, 7) is 5.13. The van der Waals surface area contributed by atoms with Gasteiger partial charge in [-0.15, -0.1) is 11.3 Å². The molecule has 1 fully saturated rings. The Hall–Kier alpha value is -3.77. The molecular formula is C28H28F3N7OS. The van der Waals surface area contributed by atoms with Gasteiger partial charge < -0.3 is 9.88 Å². The molecule has 8 nitrogen and oxygen atoms in total. The number of H-pyrrole nitrogens is 1. The molecule has 2 N–H and O–H groups in total. The van der Waals surface area contributed by atoms with E-state index in [0.29, 0.717) is 22.6 Å². The van der Waals surface area contributed by atoms with Crippen LogP contribution in [0.15, 0.2) is 53.8 Å². The lowest BCUT2D eigenvalue weighted by molar-refractivity contribution is -0.126. The predicted octanol–water partition coefficient (Wildman–Crippen LogP) is 5.27. The number of piperidine rings is 1. The van der Waals surface area contributed by atoms with Crippen molar-refractivity contribution in [3.63, 3.8) is 0 Å². The zero-order valence-corrected chi connectivity index (χ0v) is 22.6. The summed E-state index contributed by atoms with van der Waals surface area (Å²) in [4.78, 5) is 24.4. The number of aryl methyl sites for hydroxylation is 1. The normalized spacial score (nSPS) is 15.3. The van der Waals surface area contributed by atoms with Gasteiger partial charge in [0.1, 0.15) is 17.0 Å². The third kappa shape index (κ3) is 5.59. The van der Waals surface area contributed by atoms with E-state index in [1.165, 1.54) is 11.9 Å². The van der Waals surface area contributed by atoms with Crippen molar-refractivity contribution >= 4 is 38.3 Å². The third-order valence-corrected chi connectivity index (χ3v) is 8.57. The number of aromatic amines is 1. The van der Waals surface area contributed by atoms with Gasteiger partial charge in [-0.05, 0) is 49.1 Å². The van der Waals surface area contributed by atoms with Crippen LogP contribution in [0.2, 0.25) is 0 Å². The molecule has 12 heteroatoms. The summed E-state index contributed by atoms with van der Waals surface area (Å²) in [5.74, 6) is 0.597. The fourth-order valence-electron chi connectivity index (χ4n) is 5.42. The maximum atomic E-state index is 12.9. The summed E-state index contributed by atoms with van der Waals surface area (Å²) < 4.78 is 40.4.